The SMILES string of the molecule is COc1ccc(C2CCCN2C(=O)CSc2nc3ccccc3n2C)cc1. The first-order chi connectivity index (χ1) is 13.2. The van der Waals surface area contributed by atoms with Gasteiger partial charge in [0.25, 0.3) is 0 Å². The maximum absolute atomic E-state index is 12.9. The Bertz CT molecular complexity index is 952. The van der Waals surface area contributed by atoms with Crippen molar-refractivity contribution < 1.29 is 9.53 Å². The van der Waals surface area contributed by atoms with Crippen LogP contribution in [0.15, 0.2) is 53.7 Å². The number of amides is 1. The van der Waals surface area contributed by atoms with Crippen molar-refractivity contribution in [1.82, 2.24) is 14.5 Å². The molecule has 4 rings (SSSR count). The lowest BCUT2D eigenvalue weighted by Crippen LogP contribution is -2.32. The van der Waals surface area contributed by atoms with Crippen molar-refractivity contribution >= 4 is 28.7 Å². The van der Waals surface area contributed by atoms with Crippen molar-refractivity contribution in [2.75, 3.05) is 19.4 Å². The Balaban J connectivity index is 1.45. The van der Waals surface area contributed by atoms with Gasteiger partial charge in [0.15, 0.2) is 5.16 Å². The molecule has 0 N–H and O–H groups in total. The van der Waals surface area contributed by atoms with Crippen LogP contribution in [0.5, 0.6) is 5.75 Å². The fourth-order valence-corrected chi connectivity index (χ4v) is 4.57. The van der Waals surface area contributed by atoms with Crippen LogP contribution < -0.4 is 4.74 Å². The minimum absolute atomic E-state index is 0.157. The predicted octanol–water partition coefficient (Wildman–Crippen LogP) is 4.04. The summed E-state index contributed by atoms with van der Waals surface area (Å²) >= 11 is 1.51. The molecule has 2 aromatic carbocycles. The maximum Gasteiger partial charge on any atom is 0.233 e. The summed E-state index contributed by atoms with van der Waals surface area (Å²) in [6.07, 6.45) is 2.05. The van der Waals surface area contributed by atoms with Gasteiger partial charge in [-0.15, -0.1) is 0 Å². The normalized spacial score (nSPS) is 16.8. The van der Waals surface area contributed by atoms with E-state index in [-0.39, 0.29) is 11.9 Å². The van der Waals surface area contributed by atoms with Crippen LogP contribution >= 0.6 is 11.8 Å². The van der Waals surface area contributed by atoms with Crippen molar-refractivity contribution in [1.29, 1.82) is 0 Å². The zero-order valence-electron chi connectivity index (χ0n) is 15.6. The van der Waals surface area contributed by atoms with E-state index in [0.717, 1.165) is 41.3 Å². The molecule has 1 aliphatic rings. The van der Waals surface area contributed by atoms with Gasteiger partial charge in [0.2, 0.25) is 5.91 Å². The lowest BCUT2D eigenvalue weighted by Gasteiger charge is -2.25. The van der Waals surface area contributed by atoms with Crippen LogP contribution in [-0.4, -0.2) is 39.8 Å². The van der Waals surface area contributed by atoms with E-state index in [0.29, 0.717) is 5.75 Å². The number of likely N-dealkylation sites (tertiary alicyclic amines) is 1. The van der Waals surface area contributed by atoms with Gasteiger partial charge >= 0.3 is 0 Å². The van der Waals surface area contributed by atoms with Crippen LogP contribution in [-0.2, 0) is 11.8 Å². The monoisotopic (exact) mass is 381 g/mol. The molecule has 2 heterocycles. The Kier molecular flexibility index (Phi) is 5.07. The number of hydrogen-bond acceptors (Lipinski definition) is 4. The molecule has 0 aliphatic carbocycles. The van der Waals surface area contributed by atoms with Crippen LogP contribution in [0.1, 0.15) is 24.4 Å². The molecule has 1 amide bonds. The van der Waals surface area contributed by atoms with Gasteiger partial charge in [-0.2, -0.15) is 0 Å². The quantitative estimate of drug-likeness (QED) is 0.626. The number of nitrogens with zero attached hydrogens (tertiary/aromatic N) is 3. The van der Waals surface area contributed by atoms with Gasteiger partial charge in [-0.1, -0.05) is 36.0 Å². The first-order valence-corrected chi connectivity index (χ1v) is 10.1. The van der Waals surface area contributed by atoms with Crippen molar-refractivity contribution in [3.63, 3.8) is 0 Å². The van der Waals surface area contributed by atoms with Crippen molar-refractivity contribution in [2.24, 2.45) is 7.05 Å². The van der Waals surface area contributed by atoms with E-state index in [1.54, 1.807) is 7.11 Å². The van der Waals surface area contributed by atoms with Gasteiger partial charge < -0.3 is 14.2 Å². The smallest absolute Gasteiger partial charge is 0.233 e. The third-order valence-electron chi connectivity index (χ3n) is 5.14. The fourth-order valence-electron chi connectivity index (χ4n) is 3.70. The summed E-state index contributed by atoms with van der Waals surface area (Å²) in [6, 6.07) is 16.3. The summed E-state index contributed by atoms with van der Waals surface area (Å²) in [7, 11) is 3.66. The molecular weight excluding hydrogens is 358 g/mol. The van der Waals surface area contributed by atoms with Crippen LogP contribution in [0.3, 0.4) is 0 Å². The Morgan fingerprint density at radius 1 is 1.22 bits per heavy atom. The number of para-hydroxylation sites is 2. The molecule has 0 saturated carbocycles. The molecule has 27 heavy (non-hydrogen) atoms. The zero-order chi connectivity index (χ0) is 18.8. The van der Waals surface area contributed by atoms with Crippen LogP contribution in [0.2, 0.25) is 0 Å². The van der Waals surface area contributed by atoms with E-state index in [1.165, 1.54) is 17.3 Å². The highest BCUT2D eigenvalue weighted by atomic mass is 32.2. The molecule has 0 radical (unpaired) electrons. The highest BCUT2D eigenvalue weighted by Gasteiger charge is 2.30. The standard InChI is InChI=1S/C21H23N3O2S/c1-23-19-7-4-3-6-17(19)22-21(23)27-14-20(25)24-13-5-8-18(24)15-9-11-16(26-2)12-10-15/h3-4,6-7,9-12,18H,5,8,13-14H2,1-2H3. The first-order valence-electron chi connectivity index (χ1n) is 9.15. The third kappa shape index (κ3) is 3.54. The Labute approximate surface area is 163 Å². The molecule has 1 aliphatic heterocycles. The van der Waals surface area contributed by atoms with Gasteiger partial charge in [-0.05, 0) is 42.7 Å². The number of ether oxygens (including phenoxy) is 1. The lowest BCUT2D eigenvalue weighted by atomic mass is 10.0. The molecule has 0 spiro atoms. The summed E-state index contributed by atoms with van der Waals surface area (Å²) < 4.78 is 7.29. The summed E-state index contributed by atoms with van der Waals surface area (Å²) in [6.45, 7) is 0.818. The van der Waals surface area contributed by atoms with Gasteiger partial charge in [-0.3, -0.25) is 4.79 Å². The summed E-state index contributed by atoms with van der Waals surface area (Å²) in [5, 5.41) is 0.879. The van der Waals surface area contributed by atoms with Crippen LogP contribution in [0, 0.1) is 0 Å². The number of methoxy groups -OCH3 is 1. The molecule has 1 aromatic heterocycles. The highest BCUT2D eigenvalue weighted by Crippen LogP contribution is 2.34. The largest absolute Gasteiger partial charge is 0.497 e. The van der Waals surface area contributed by atoms with E-state index < -0.39 is 0 Å². The van der Waals surface area contributed by atoms with Gasteiger partial charge in [0.1, 0.15) is 5.75 Å². The molecule has 1 fully saturated rings. The molecule has 0 bridgehead atoms. The molecular formula is C21H23N3O2S. The number of aryl methyl sites for hydroxylation is 1. The lowest BCUT2D eigenvalue weighted by molar-refractivity contribution is -0.129. The number of aromatic nitrogens is 2. The number of thioether (sulfide) groups is 1. The number of rotatable bonds is 5. The van der Waals surface area contributed by atoms with Crippen LogP contribution in [0.4, 0.5) is 0 Å². The molecule has 5 nitrogen and oxygen atoms in total. The zero-order valence-corrected chi connectivity index (χ0v) is 16.4. The summed E-state index contributed by atoms with van der Waals surface area (Å²) in [5.74, 6) is 1.42. The minimum atomic E-state index is 0.157. The topological polar surface area (TPSA) is 47.4 Å². The number of benzene rings is 2. The molecule has 3 aromatic rings. The average molecular weight is 382 g/mol. The van der Waals surface area contributed by atoms with E-state index >= 15 is 0 Å². The van der Waals surface area contributed by atoms with Crippen LogP contribution in [0.25, 0.3) is 11.0 Å². The number of imidazole rings is 1. The number of hydrogen-bond donors (Lipinski definition) is 0. The fraction of sp³-hybridized carbons (Fsp3) is 0.333. The number of carbonyl (C=O) groups is 1. The van der Waals surface area contributed by atoms with Gasteiger partial charge in [-0.25, -0.2) is 4.98 Å². The third-order valence-corrected chi connectivity index (χ3v) is 6.16. The summed E-state index contributed by atoms with van der Waals surface area (Å²) in [5.41, 5.74) is 3.23. The second-order valence-electron chi connectivity index (χ2n) is 6.75. The van der Waals surface area contributed by atoms with Gasteiger partial charge in [0.05, 0.1) is 29.9 Å². The number of fused-ring (bicyclic) bond motifs is 1. The number of carbonyl (C=O) groups excluding carboxylic acids is 1. The van der Waals surface area contributed by atoms with E-state index in [2.05, 4.69) is 21.7 Å². The Morgan fingerprint density at radius 2 is 2.00 bits per heavy atom. The first kappa shape index (κ1) is 17.9. The van der Waals surface area contributed by atoms with Crippen molar-refractivity contribution in [2.45, 2.75) is 24.0 Å². The second kappa shape index (κ2) is 7.64. The highest BCUT2D eigenvalue weighted by molar-refractivity contribution is 7.99. The van der Waals surface area contributed by atoms with E-state index in [9.17, 15) is 4.79 Å². The molecule has 140 valence electrons. The molecule has 1 unspecified atom stereocenters. The molecule has 1 atom stereocenters. The summed E-state index contributed by atoms with van der Waals surface area (Å²) in [4.78, 5) is 19.6. The maximum atomic E-state index is 12.9. The van der Waals surface area contributed by atoms with Crippen molar-refractivity contribution in [3.8, 4) is 5.75 Å². The Morgan fingerprint density at radius 3 is 2.74 bits per heavy atom. The van der Waals surface area contributed by atoms with Gasteiger partial charge in [0, 0.05) is 13.6 Å². The predicted molar refractivity (Wildman–Crippen MR) is 108 cm³/mol. The molecule has 6 heteroatoms. The minimum Gasteiger partial charge on any atom is -0.497 e. The van der Waals surface area contributed by atoms with E-state index in [4.69, 9.17) is 4.74 Å². The second-order valence-corrected chi connectivity index (χ2v) is 7.69. The van der Waals surface area contributed by atoms with Crippen molar-refractivity contribution in [3.05, 3.63) is 54.1 Å². The molecule has 1 saturated heterocycles. The Hall–Kier alpha value is -2.47. The average Bonchev–Trinajstić information content (AvgIpc) is 3.32. The van der Waals surface area contributed by atoms with E-state index in [1.807, 2.05) is 48.3 Å².